The molecule has 2 fully saturated rings. The molecule has 16 nitrogen and oxygen atoms in total. The van der Waals surface area contributed by atoms with Gasteiger partial charge in [-0.25, -0.2) is 4.79 Å². The molecule has 0 aliphatic carbocycles. The summed E-state index contributed by atoms with van der Waals surface area (Å²) in [5.41, 5.74) is -2.39. The third kappa shape index (κ3) is 5.28. The molecule has 2 aliphatic rings. The molecule has 37 heavy (non-hydrogen) atoms. The van der Waals surface area contributed by atoms with Crippen LogP contribution in [-0.4, -0.2) is 165 Å². The first-order chi connectivity index (χ1) is 17.1. The number of carbonyl (C=O) groups is 2. The van der Waals surface area contributed by atoms with Gasteiger partial charge in [-0.3, -0.25) is 0 Å². The maximum atomic E-state index is 12.9. The van der Waals surface area contributed by atoms with E-state index >= 15 is 0 Å². The van der Waals surface area contributed by atoms with Crippen LogP contribution in [0.5, 0.6) is 0 Å². The van der Waals surface area contributed by atoms with Crippen LogP contribution < -0.4 is 10.4 Å². The summed E-state index contributed by atoms with van der Waals surface area (Å²) >= 11 is 0. The highest BCUT2D eigenvalue weighted by Crippen LogP contribution is 2.38. The Balaban J connectivity index is 2.49. The Labute approximate surface area is 212 Å². The first kappa shape index (κ1) is 31.5. The molecule has 2 heterocycles. The molecule has 0 aromatic carbocycles. The summed E-state index contributed by atoms with van der Waals surface area (Å²) in [4.78, 5) is 25.8. The monoisotopic (exact) mass is 542 g/mol. The van der Waals surface area contributed by atoms with E-state index < -0.39 is 103 Å². The van der Waals surface area contributed by atoms with Gasteiger partial charge in [-0.1, -0.05) is 6.92 Å². The number of hydrogen-bond donors (Lipinski definition) is 9. The van der Waals surface area contributed by atoms with Crippen LogP contribution in [0.3, 0.4) is 0 Å². The molecule has 2 rings (SSSR count). The van der Waals surface area contributed by atoms with Gasteiger partial charge in [0, 0.05) is 0 Å². The van der Waals surface area contributed by atoms with Crippen LogP contribution in [0.1, 0.15) is 13.3 Å². The lowest BCUT2D eigenvalue weighted by Gasteiger charge is -2.57. The third-order valence-electron chi connectivity index (χ3n) is 7.17. The zero-order chi connectivity index (χ0) is 28.5. The highest BCUT2D eigenvalue weighted by molar-refractivity contribution is 5.79. The molecule has 0 bridgehead atoms. The number of carboxylic acids is 1. The van der Waals surface area contributed by atoms with Crippen molar-refractivity contribution >= 4 is 12.1 Å². The van der Waals surface area contributed by atoms with Crippen LogP contribution in [0, 0.1) is 0 Å². The van der Waals surface area contributed by atoms with Crippen molar-refractivity contribution in [3.63, 3.8) is 0 Å². The minimum Gasteiger partial charge on any atom is -0.544 e. The molecular weight excluding hydrogens is 504 g/mol. The van der Waals surface area contributed by atoms with E-state index in [0.29, 0.717) is 0 Å². The summed E-state index contributed by atoms with van der Waals surface area (Å²) in [6.07, 6.45) is -15.7. The number of aliphatic hydroxyl groups is 8. The molecule has 9 N–H and O–H groups in total. The maximum Gasteiger partial charge on any atom is 0.410 e. The predicted octanol–water partition coefficient (Wildman–Crippen LogP) is -6.67. The van der Waals surface area contributed by atoms with Crippen LogP contribution in [0.25, 0.3) is 0 Å². The van der Waals surface area contributed by atoms with E-state index in [2.05, 4.69) is 5.32 Å². The van der Waals surface area contributed by atoms with E-state index in [9.17, 15) is 55.5 Å². The Kier molecular flexibility index (Phi) is 9.87. The largest absolute Gasteiger partial charge is 0.544 e. The van der Waals surface area contributed by atoms with Gasteiger partial charge in [0.15, 0.2) is 11.6 Å². The van der Waals surface area contributed by atoms with Crippen LogP contribution in [-0.2, 0) is 19.0 Å². The first-order valence-corrected chi connectivity index (χ1v) is 11.7. The number of ether oxygens (including phenoxy) is 3. The van der Waals surface area contributed by atoms with E-state index in [0.717, 1.165) is 0 Å². The van der Waals surface area contributed by atoms with Gasteiger partial charge in [-0.2, -0.15) is 0 Å². The van der Waals surface area contributed by atoms with E-state index in [1.807, 2.05) is 0 Å². The van der Waals surface area contributed by atoms with Crippen molar-refractivity contribution in [2.75, 3.05) is 41.0 Å². The molecule has 0 aromatic rings. The van der Waals surface area contributed by atoms with E-state index in [-0.39, 0.29) is 6.42 Å². The smallest absolute Gasteiger partial charge is 0.410 e. The van der Waals surface area contributed by atoms with Crippen molar-refractivity contribution in [2.45, 2.75) is 79.5 Å². The highest BCUT2D eigenvalue weighted by Gasteiger charge is 2.64. The molecule has 0 radical (unpaired) electrons. The lowest BCUT2D eigenvalue weighted by Crippen LogP contribution is -2.83. The molecule has 1 amide bonds. The molecule has 2 aliphatic heterocycles. The second kappa shape index (κ2) is 11.6. The molecule has 16 heteroatoms. The van der Waals surface area contributed by atoms with Crippen molar-refractivity contribution in [2.24, 2.45) is 0 Å². The van der Waals surface area contributed by atoms with Gasteiger partial charge in [0.2, 0.25) is 0 Å². The standard InChI is InChI=1S/C21H38N2O14/c1-5-11(22-19(34)37-20(8-26)16(31)13(28)10(7-25)36-20)21(18(32)33,23(2,3)4)17-15(30)14(29)12(27)9(6-24)35-17/h9-17,24-31H,5-8H2,1-4H3,(H-,22,32,33,34)/t9-,10-,11?,12-,13-,14+,15-,16+,17+,20?,21?/m1/s1. The average molecular weight is 543 g/mol. The quantitative estimate of drug-likeness (QED) is 0.116. The third-order valence-corrected chi connectivity index (χ3v) is 7.17. The zero-order valence-electron chi connectivity index (χ0n) is 21.0. The summed E-state index contributed by atoms with van der Waals surface area (Å²) in [6.45, 7) is -1.29. The van der Waals surface area contributed by atoms with Crippen molar-refractivity contribution < 1.29 is 74.2 Å². The number of nitrogens with zero attached hydrogens (tertiary/aromatic N) is 1. The molecular formula is C21H38N2O14. The number of likely N-dealkylation sites (N-methyl/N-ethyl adjacent to an activating group) is 1. The SMILES string of the molecule is CCC(NC(=O)OC1(CO)O[C@H](CO)[C@@H](O)[C@@H]1O)C(C(=O)[O-])([C@H]1O[C@H](CO)[C@@H](O)[C@H](O)[C@H]1O)[N+](C)(C)C. The lowest BCUT2D eigenvalue weighted by atomic mass is 9.74. The minimum absolute atomic E-state index is 0.162. The minimum atomic E-state index is -2.50. The summed E-state index contributed by atoms with van der Waals surface area (Å²) in [5, 5.41) is 95.4. The number of nitrogens with one attached hydrogen (secondary N) is 1. The molecule has 0 spiro atoms. The van der Waals surface area contributed by atoms with Gasteiger partial charge < -0.3 is 74.8 Å². The Hall–Kier alpha value is -1.70. The van der Waals surface area contributed by atoms with Crippen LogP contribution in [0.2, 0.25) is 0 Å². The summed E-state index contributed by atoms with van der Waals surface area (Å²) in [6, 6.07) is -1.50. The molecule has 3 unspecified atom stereocenters. The van der Waals surface area contributed by atoms with E-state index in [1.54, 1.807) is 0 Å². The summed E-state index contributed by atoms with van der Waals surface area (Å²) in [5.74, 6) is -4.33. The van der Waals surface area contributed by atoms with Gasteiger partial charge in [-0.15, -0.1) is 0 Å². The van der Waals surface area contributed by atoms with E-state index in [4.69, 9.17) is 14.2 Å². The van der Waals surface area contributed by atoms with E-state index in [1.165, 1.54) is 28.1 Å². The molecule has 0 aromatic heterocycles. The number of amides is 1. The average Bonchev–Trinajstić information content (AvgIpc) is 3.07. The zero-order valence-corrected chi connectivity index (χ0v) is 21.0. The Morgan fingerprint density at radius 3 is 1.97 bits per heavy atom. The number of carbonyl (C=O) groups excluding carboxylic acids is 2. The van der Waals surface area contributed by atoms with Crippen LogP contribution in [0.15, 0.2) is 0 Å². The maximum absolute atomic E-state index is 12.9. The second-order valence-corrected chi connectivity index (χ2v) is 10.1. The molecule has 11 atom stereocenters. The van der Waals surface area contributed by atoms with Crippen molar-refractivity contribution in [3.05, 3.63) is 0 Å². The van der Waals surface area contributed by atoms with Crippen molar-refractivity contribution in [3.8, 4) is 0 Å². The van der Waals surface area contributed by atoms with Gasteiger partial charge in [0.1, 0.15) is 55.3 Å². The topological polar surface area (TPSA) is 259 Å². The number of quaternary nitrogens is 1. The number of hydrogen-bond acceptors (Lipinski definition) is 14. The highest BCUT2D eigenvalue weighted by atomic mass is 16.8. The fourth-order valence-electron chi connectivity index (χ4n) is 5.15. The van der Waals surface area contributed by atoms with Gasteiger partial charge >= 0.3 is 6.09 Å². The molecule has 0 saturated carbocycles. The number of rotatable bonds is 10. The normalized spacial score (nSPS) is 39.0. The summed E-state index contributed by atoms with van der Waals surface area (Å²) < 4.78 is 15.3. The number of alkyl carbamates (subject to hydrolysis) is 1. The predicted molar refractivity (Wildman–Crippen MR) is 117 cm³/mol. The number of carboxylic acid groups (broad SMARTS) is 1. The Bertz CT molecular complexity index is 809. The Morgan fingerprint density at radius 2 is 1.57 bits per heavy atom. The number of aliphatic hydroxyl groups excluding tert-OH is 8. The van der Waals surface area contributed by atoms with Gasteiger partial charge in [-0.05, 0) is 6.42 Å². The van der Waals surface area contributed by atoms with Crippen molar-refractivity contribution in [1.82, 2.24) is 5.32 Å². The summed E-state index contributed by atoms with van der Waals surface area (Å²) in [7, 11) is 4.15. The van der Waals surface area contributed by atoms with Gasteiger partial charge in [0.25, 0.3) is 5.79 Å². The fraction of sp³-hybridized carbons (Fsp3) is 0.905. The number of aliphatic carboxylic acids is 1. The van der Waals surface area contributed by atoms with Crippen LogP contribution in [0.4, 0.5) is 4.79 Å². The molecule has 2 saturated heterocycles. The van der Waals surface area contributed by atoms with Gasteiger partial charge in [0.05, 0.1) is 40.4 Å². The molecule has 216 valence electrons. The fourth-order valence-corrected chi connectivity index (χ4v) is 5.15. The first-order valence-electron chi connectivity index (χ1n) is 11.7. The second-order valence-electron chi connectivity index (χ2n) is 10.1. The Morgan fingerprint density at radius 1 is 1.00 bits per heavy atom. The van der Waals surface area contributed by atoms with Crippen molar-refractivity contribution in [1.29, 1.82) is 0 Å². The lowest BCUT2D eigenvalue weighted by molar-refractivity contribution is -0.923. The van der Waals surface area contributed by atoms with Crippen LogP contribution >= 0.6 is 0 Å².